The Labute approximate surface area is 121 Å². The molecule has 0 aliphatic rings. The summed E-state index contributed by atoms with van der Waals surface area (Å²) < 4.78 is 27.3. The predicted molar refractivity (Wildman–Crippen MR) is 74.6 cm³/mol. The van der Waals surface area contributed by atoms with Gasteiger partial charge in [0.25, 0.3) is 5.91 Å². The van der Waals surface area contributed by atoms with Crippen molar-refractivity contribution in [1.82, 2.24) is 5.32 Å². The van der Waals surface area contributed by atoms with E-state index in [4.69, 9.17) is 0 Å². The molecule has 0 saturated heterocycles. The lowest BCUT2D eigenvalue weighted by Gasteiger charge is -2.26. The van der Waals surface area contributed by atoms with Gasteiger partial charge in [-0.15, -0.1) is 0 Å². The molecule has 0 aromatic heterocycles. The summed E-state index contributed by atoms with van der Waals surface area (Å²) in [6, 6.07) is 2.39. The van der Waals surface area contributed by atoms with E-state index in [1.54, 1.807) is 6.92 Å². The molecule has 1 aromatic rings. The summed E-state index contributed by atoms with van der Waals surface area (Å²) in [5.74, 6) is -2.43. The van der Waals surface area contributed by atoms with Crippen molar-refractivity contribution >= 4 is 37.8 Å². The highest BCUT2D eigenvalue weighted by atomic mass is 79.9. The van der Waals surface area contributed by atoms with Crippen LogP contribution in [0, 0.1) is 18.6 Å². The maximum Gasteiger partial charge on any atom is 0.257 e. The molecule has 0 heterocycles. The number of benzene rings is 1. The largest absolute Gasteiger partial charge is 0.345 e. The van der Waals surface area contributed by atoms with Crippen LogP contribution >= 0.6 is 31.9 Å². The molecule has 1 N–H and O–H groups in total. The smallest absolute Gasteiger partial charge is 0.257 e. The highest BCUT2D eigenvalue weighted by molar-refractivity contribution is 9.09. The maximum atomic E-state index is 13.8. The predicted octanol–water partition coefficient (Wildman–Crippen LogP) is 3.55. The quantitative estimate of drug-likeness (QED) is 0.790. The van der Waals surface area contributed by atoms with Crippen molar-refractivity contribution in [2.75, 3.05) is 10.7 Å². The summed E-state index contributed by atoms with van der Waals surface area (Å²) in [6.45, 7) is 3.25. The average molecular weight is 385 g/mol. The fourth-order valence-electron chi connectivity index (χ4n) is 1.30. The van der Waals surface area contributed by atoms with Gasteiger partial charge in [0.15, 0.2) is 0 Å². The molecule has 1 rings (SSSR count). The second-order valence-electron chi connectivity index (χ2n) is 4.34. The van der Waals surface area contributed by atoms with E-state index in [0.29, 0.717) is 10.7 Å². The molecule has 100 valence electrons. The highest BCUT2D eigenvalue weighted by Gasteiger charge is 2.27. The van der Waals surface area contributed by atoms with Crippen molar-refractivity contribution in [1.29, 1.82) is 0 Å². The molecule has 0 unspecified atom stereocenters. The molecule has 1 amide bonds. The molecule has 0 fully saturated rings. The van der Waals surface area contributed by atoms with Crippen LogP contribution in [0.25, 0.3) is 0 Å². The van der Waals surface area contributed by atoms with Crippen LogP contribution in [0.3, 0.4) is 0 Å². The molecular formula is C12H13Br2F2NO. The van der Waals surface area contributed by atoms with Crippen molar-refractivity contribution < 1.29 is 13.6 Å². The van der Waals surface area contributed by atoms with Crippen LogP contribution in [0.5, 0.6) is 0 Å². The number of nitrogens with one attached hydrogen (secondary N) is 1. The normalized spacial score (nSPS) is 11.4. The number of hydrogen-bond donors (Lipinski definition) is 1. The third-order valence-corrected chi connectivity index (χ3v) is 4.99. The van der Waals surface area contributed by atoms with Gasteiger partial charge in [-0.05, 0) is 25.5 Å². The van der Waals surface area contributed by atoms with Crippen molar-refractivity contribution in [2.45, 2.75) is 19.4 Å². The Morgan fingerprint density at radius 3 is 2.39 bits per heavy atom. The molecule has 0 bridgehead atoms. The molecule has 0 radical (unpaired) electrons. The van der Waals surface area contributed by atoms with E-state index < -0.39 is 28.6 Å². The van der Waals surface area contributed by atoms with Gasteiger partial charge in [0.2, 0.25) is 0 Å². The molecule has 0 saturated carbocycles. The topological polar surface area (TPSA) is 29.1 Å². The van der Waals surface area contributed by atoms with E-state index in [1.165, 1.54) is 13.0 Å². The van der Waals surface area contributed by atoms with Crippen molar-refractivity contribution in [3.8, 4) is 0 Å². The first kappa shape index (κ1) is 15.6. The number of hydrogen-bond acceptors (Lipinski definition) is 1. The second kappa shape index (κ2) is 6.10. The number of alkyl halides is 2. The van der Waals surface area contributed by atoms with E-state index >= 15 is 0 Å². The molecule has 18 heavy (non-hydrogen) atoms. The summed E-state index contributed by atoms with van der Waals surface area (Å²) in [7, 11) is 0. The van der Waals surface area contributed by atoms with Crippen molar-refractivity contribution in [3.63, 3.8) is 0 Å². The molecule has 0 spiro atoms. The van der Waals surface area contributed by atoms with Crippen LogP contribution in [0.1, 0.15) is 22.8 Å². The molecular weight excluding hydrogens is 372 g/mol. The Kier molecular flexibility index (Phi) is 5.28. The lowest BCUT2D eigenvalue weighted by Crippen LogP contribution is -2.49. The van der Waals surface area contributed by atoms with Gasteiger partial charge in [-0.1, -0.05) is 37.9 Å². The van der Waals surface area contributed by atoms with Crippen LogP contribution in [-0.2, 0) is 0 Å². The molecule has 6 heteroatoms. The number of aryl methyl sites for hydroxylation is 1. The summed E-state index contributed by atoms with van der Waals surface area (Å²) >= 11 is 6.50. The Morgan fingerprint density at radius 1 is 1.33 bits per heavy atom. The third kappa shape index (κ3) is 3.29. The molecule has 0 atom stereocenters. The minimum absolute atomic E-state index is 0.237. The molecule has 1 aromatic carbocycles. The molecule has 0 aliphatic carbocycles. The summed E-state index contributed by atoms with van der Waals surface area (Å²) in [4.78, 5) is 11.9. The van der Waals surface area contributed by atoms with Gasteiger partial charge in [-0.2, -0.15) is 0 Å². The summed E-state index contributed by atoms with van der Waals surface area (Å²) in [5.41, 5.74) is -0.913. The van der Waals surface area contributed by atoms with Gasteiger partial charge in [-0.3, -0.25) is 4.79 Å². The monoisotopic (exact) mass is 383 g/mol. The minimum Gasteiger partial charge on any atom is -0.345 e. The van der Waals surface area contributed by atoms with Gasteiger partial charge >= 0.3 is 0 Å². The number of carbonyl (C=O) groups excluding carboxylic acids is 1. The van der Waals surface area contributed by atoms with Gasteiger partial charge < -0.3 is 5.32 Å². The zero-order valence-electron chi connectivity index (χ0n) is 9.99. The molecule has 2 nitrogen and oxygen atoms in total. The summed E-state index contributed by atoms with van der Waals surface area (Å²) in [5, 5.41) is 3.53. The Morgan fingerprint density at radius 2 is 1.89 bits per heavy atom. The standard InChI is InChI=1S/C12H13Br2F2NO/c1-7-3-4-8(15)9(10(7)16)11(18)17-12(2,5-13)6-14/h3-4H,5-6H2,1-2H3,(H,17,18). The first-order valence-corrected chi connectivity index (χ1v) is 7.48. The highest BCUT2D eigenvalue weighted by Crippen LogP contribution is 2.18. The Balaban J connectivity index is 3.09. The number of halogens is 4. The molecule has 0 aliphatic heterocycles. The van der Waals surface area contributed by atoms with Crippen molar-refractivity contribution in [2.24, 2.45) is 0 Å². The van der Waals surface area contributed by atoms with Crippen LogP contribution in [0.15, 0.2) is 12.1 Å². The van der Waals surface area contributed by atoms with E-state index in [0.717, 1.165) is 6.07 Å². The minimum atomic E-state index is -0.859. The second-order valence-corrected chi connectivity index (χ2v) is 5.46. The Hall–Kier alpha value is -0.490. The third-order valence-electron chi connectivity index (χ3n) is 2.52. The SMILES string of the molecule is Cc1ccc(F)c(C(=O)NC(C)(CBr)CBr)c1F. The summed E-state index contributed by atoms with van der Waals surface area (Å²) in [6.07, 6.45) is 0. The van der Waals surface area contributed by atoms with Crippen LogP contribution in [-0.4, -0.2) is 22.1 Å². The van der Waals surface area contributed by atoms with Crippen molar-refractivity contribution in [3.05, 3.63) is 34.9 Å². The van der Waals surface area contributed by atoms with Crippen LogP contribution in [0.2, 0.25) is 0 Å². The van der Waals surface area contributed by atoms with Crippen LogP contribution in [0.4, 0.5) is 8.78 Å². The van der Waals surface area contributed by atoms with E-state index in [9.17, 15) is 13.6 Å². The number of amides is 1. The number of carbonyl (C=O) groups is 1. The van der Waals surface area contributed by atoms with Gasteiger partial charge in [0.1, 0.15) is 17.2 Å². The lowest BCUT2D eigenvalue weighted by molar-refractivity contribution is 0.0914. The van der Waals surface area contributed by atoms with E-state index in [2.05, 4.69) is 37.2 Å². The first-order valence-electron chi connectivity index (χ1n) is 5.23. The van der Waals surface area contributed by atoms with Gasteiger partial charge in [0.05, 0.1) is 5.54 Å². The van der Waals surface area contributed by atoms with Crippen LogP contribution < -0.4 is 5.32 Å². The first-order chi connectivity index (χ1) is 8.34. The Bertz CT molecular complexity index is 462. The zero-order chi connectivity index (χ0) is 13.9. The number of rotatable bonds is 4. The fourth-order valence-corrected chi connectivity index (χ4v) is 2.51. The van der Waals surface area contributed by atoms with Gasteiger partial charge in [0, 0.05) is 10.7 Å². The lowest BCUT2D eigenvalue weighted by atomic mass is 10.1. The average Bonchev–Trinajstić information content (AvgIpc) is 2.34. The van der Waals surface area contributed by atoms with E-state index in [1.807, 2.05) is 0 Å². The zero-order valence-corrected chi connectivity index (χ0v) is 13.2. The maximum absolute atomic E-state index is 13.8. The van der Waals surface area contributed by atoms with E-state index in [-0.39, 0.29) is 5.56 Å². The fraction of sp³-hybridized carbons (Fsp3) is 0.417. The van der Waals surface area contributed by atoms with Gasteiger partial charge in [-0.25, -0.2) is 8.78 Å².